The number of aromatic nitrogens is 2. The summed E-state index contributed by atoms with van der Waals surface area (Å²) in [4.78, 5) is 30.7. The quantitative estimate of drug-likeness (QED) is 0.385. The lowest BCUT2D eigenvalue weighted by Gasteiger charge is -2.20. The Morgan fingerprint density at radius 3 is 2.80 bits per heavy atom. The van der Waals surface area contributed by atoms with Crippen LogP contribution in [0.1, 0.15) is 70.8 Å². The minimum absolute atomic E-state index is 0.0109. The van der Waals surface area contributed by atoms with E-state index in [-0.39, 0.29) is 22.8 Å². The van der Waals surface area contributed by atoms with Crippen molar-refractivity contribution in [3.63, 3.8) is 0 Å². The van der Waals surface area contributed by atoms with Gasteiger partial charge in [-0.05, 0) is 64.0 Å². The molecule has 0 bridgehead atoms. The molecule has 0 radical (unpaired) electrons. The Bertz CT molecular complexity index is 992. The highest BCUT2D eigenvalue weighted by molar-refractivity contribution is 8.00. The number of allylic oxidation sites excluding steroid dienone is 1. The highest BCUT2D eigenvalue weighted by Crippen LogP contribution is 2.33. The molecule has 1 amide bonds. The van der Waals surface area contributed by atoms with Crippen molar-refractivity contribution in [2.45, 2.75) is 81.2 Å². The molecule has 4 rings (SSSR count). The number of amides is 1. The number of benzene rings is 1. The van der Waals surface area contributed by atoms with E-state index in [1.54, 1.807) is 0 Å². The molecule has 0 saturated heterocycles. The molecule has 0 aliphatic heterocycles. The number of hydrogen-bond acceptors (Lipinski definition) is 4. The van der Waals surface area contributed by atoms with Crippen molar-refractivity contribution in [3.8, 4) is 0 Å². The van der Waals surface area contributed by atoms with E-state index in [9.17, 15) is 9.59 Å². The van der Waals surface area contributed by atoms with Crippen LogP contribution in [0.3, 0.4) is 0 Å². The first kappa shape index (κ1) is 21.2. The van der Waals surface area contributed by atoms with E-state index >= 15 is 0 Å². The first-order chi connectivity index (χ1) is 14.6. The standard InChI is InChI=1S/C24H31N3O2S/c1-17(22(28)25-16-15-18-9-3-2-4-10-18)30-24-26-21-14-8-7-13-20(21)23(29)27(24)19-11-5-6-12-19/h7-9,13-14,17,19H,2-6,10-12,15-16H2,1H3,(H,25,28). The molecule has 160 valence electrons. The molecule has 1 heterocycles. The molecule has 1 aromatic carbocycles. The second-order valence-electron chi connectivity index (χ2n) is 8.43. The van der Waals surface area contributed by atoms with Gasteiger partial charge in [0, 0.05) is 12.6 Å². The van der Waals surface area contributed by atoms with Gasteiger partial charge < -0.3 is 5.32 Å². The molecule has 2 aliphatic rings. The van der Waals surface area contributed by atoms with Crippen LogP contribution in [0.15, 0.2) is 45.9 Å². The maximum Gasteiger partial charge on any atom is 0.262 e. The lowest BCUT2D eigenvalue weighted by molar-refractivity contribution is -0.120. The molecule has 1 aromatic heterocycles. The topological polar surface area (TPSA) is 64.0 Å². The molecule has 1 saturated carbocycles. The number of carbonyl (C=O) groups is 1. The third kappa shape index (κ3) is 4.80. The van der Waals surface area contributed by atoms with Crippen molar-refractivity contribution < 1.29 is 4.79 Å². The molecule has 1 atom stereocenters. The van der Waals surface area contributed by atoms with Crippen molar-refractivity contribution in [1.29, 1.82) is 0 Å². The van der Waals surface area contributed by atoms with Gasteiger partial charge in [0.05, 0.1) is 16.2 Å². The fraction of sp³-hybridized carbons (Fsp3) is 0.542. The lowest BCUT2D eigenvalue weighted by atomic mass is 9.97. The zero-order valence-corrected chi connectivity index (χ0v) is 18.5. The summed E-state index contributed by atoms with van der Waals surface area (Å²) in [5.41, 5.74) is 2.19. The minimum atomic E-state index is -0.300. The van der Waals surface area contributed by atoms with Gasteiger partial charge in [0.15, 0.2) is 5.16 Å². The predicted molar refractivity (Wildman–Crippen MR) is 123 cm³/mol. The molecule has 1 N–H and O–H groups in total. The van der Waals surface area contributed by atoms with Crippen LogP contribution in [-0.4, -0.2) is 27.3 Å². The summed E-state index contributed by atoms with van der Waals surface area (Å²) in [6.07, 6.45) is 12.4. The molecule has 0 spiro atoms. The van der Waals surface area contributed by atoms with Gasteiger partial charge in [-0.15, -0.1) is 0 Å². The lowest BCUT2D eigenvalue weighted by Crippen LogP contribution is -2.33. The van der Waals surface area contributed by atoms with Crippen molar-refractivity contribution in [3.05, 3.63) is 46.3 Å². The molecule has 2 aliphatic carbocycles. The van der Waals surface area contributed by atoms with Crippen LogP contribution in [0.25, 0.3) is 10.9 Å². The Labute approximate surface area is 182 Å². The summed E-state index contributed by atoms with van der Waals surface area (Å²) in [5.74, 6) is 0.0109. The summed E-state index contributed by atoms with van der Waals surface area (Å²) in [6.45, 7) is 2.58. The smallest absolute Gasteiger partial charge is 0.262 e. The van der Waals surface area contributed by atoms with Crippen LogP contribution in [0.5, 0.6) is 0 Å². The third-order valence-electron chi connectivity index (χ3n) is 6.25. The Morgan fingerprint density at radius 2 is 2.03 bits per heavy atom. The van der Waals surface area contributed by atoms with Crippen LogP contribution in [0.4, 0.5) is 0 Å². The van der Waals surface area contributed by atoms with Crippen LogP contribution in [0.2, 0.25) is 0 Å². The average molecular weight is 426 g/mol. The summed E-state index contributed by atoms with van der Waals surface area (Å²) < 4.78 is 1.86. The van der Waals surface area contributed by atoms with Gasteiger partial charge >= 0.3 is 0 Å². The average Bonchev–Trinajstić information content (AvgIpc) is 3.29. The van der Waals surface area contributed by atoms with Gasteiger partial charge in [-0.25, -0.2) is 4.98 Å². The van der Waals surface area contributed by atoms with Crippen LogP contribution < -0.4 is 10.9 Å². The molecular weight excluding hydrogens is 394 g/mol. The molecule has 5 nitrogen and oxygen atoms in total. The van der Waals surface area contributed by atoms with E-state index in [0.29, 0.717) is 22.6 Å². The number of carbonyl (C=O) groups excluding carboxylic acids is 1. The van der Waals surface area contributed by atoms with E-state index in [0.717, 1.165) is 38.5 Å². The van der Waals surface area contributed by atoms with Gasteiger partial charge in [-0.2, -0.15) is 0 Å². The molecular formula is C24H31N3O2S. The SMILES string of the molecule is CC(Sc1nc2ccccc2c(=O)n1C1CCCC1)C(=O)NCCC1=CCCCC1. The first-order valence-electron chi connectivity index (χ1n) is 11.3. The fourth-order valence-corrected chi connectivity index (χ4v) is 5.53. The highest BCUT2D eigenvalue weighted by Gasteiger charge is 2.25. The number of thioether (sulfide) groups is 1. The van der Waals surface area contributed by atoms with Gasteiger partial charge in [-0.1, -0.05) is 48.4 Å². The second-order valence-corrected chi connectivity index (χ2v) is 9.74. The van der Waals surface area contributed by atoms with Crippen molar-refractivity contribution in [2.24, 2.45) is 0 Å². The highest BCUT2D eigenvalue weighted by atomic mass is 32.2. The maximum atomic E-state index is 13.2. The van der Waals surface area contributed by atoms with Gasteiger partial charge in [0.1, 0.15) is 0 Å². The molecule has 6 heteroatoms. The number of para-hydroxylation sites is 1. The monoisotopic (exact) mass is 425 g/mol. The molecule has 1 unspecified atom stereocenters. The minimum Gasteiger partial charge on any atom is -0.355 e. The van der Waals surface area contributed by atoms with Crippen LogP contribution in [0, 0.1) is 0 Å². The number of fused-ring (bicyclic) bond motifs is 1. The first-order valence-corrected chi connectivity index (χ1v) is 12.1. The number of nitrogens with one attached hydrogen (secondary N) is 1. The normalized spacial score (nSPS) is 18.4. The molecule has 30 heavy (non-hydrogen) atoms. The van der Waals surface area contributed by atoms with E-state index < -0.39 is 0 Å². The van der Waals surface area contributed by atoms with E-state index in [4.69, 9.17) is 4.98 Å². The summed E-state index contributed by atoms with van der Waals surface area (Å²) in [5, 5.41) is 4.10. The second kappa shape index (κ2) is 9.82. The third-order valence-corrected chi connectivity index (χ3v) is 7.31. The zero-order chi connectivity index (χ0) is 20.9. The Hall–Kier alpha value is -2.08. The maximum absolute atomic E-state index is 13.2. The Morgan fingerprint density at radius 1 is 1.23 bits per heavy atom. The van der Waals surface area contributed by atoms with Crippen molar-refractivity contribution >= 4 is 28.6 Å². The van der Waals surface area contributed by atoms with Crippen LogP contribution in [-0.2, 0) is 4.79 Å². The number of hydrogen-bond donors (Lipinski definition) is 1. The van der Waals surface area contributed by atoms with Crippen LogP contribution >= 0.6 is 11.8 Å². The Balaban J connectivity index is 1.49. The van der Waals surface area contributed by atoms with Crippen molar-refractivity contribution in [1.82, 2.24) is 14.9 Å². The van der Waals surface area contributed by atoms with Gasteiger partial charge in [0.2, 0.25) is 5.91 Å². The van der Waals surface area contributed by atoms with Crippen molar-refractivity contribution in [2.75, 3.05) is 6.54 Å². The van der Waals surface area contributed by atoms with E-state index in [1.807, 2.05) is 35.8 Å². The predicted octanol–water partition coefficient (Wildman–Crippen LogP) is 5.00. The summed E-state index contributed by atoms with van der Waals surface area (Å²) >= 11 is 1.41. The zero-order valence-electron chi connectivity index (χ0n) is 17.7. The molecule has 1 fully saturated rings. The summed E-state index contributed by atoms with van der Waals surface area (Å²) in [6, 6.07) is 7.70. The van der Waals surface area contributed by atoms with Gasteiger partial charge in [0.25, 0.3) is 5.56 Å². The summed E-state index contributed by atoms with van der Waals surface area (Å²) in [7, 11) is 0. The number of rotatable bonds is 7. The molecule has 2 aromatic rings. The largest absolute Gasteiger partial charge is 0.355 e. The Kier molecular flexibility index (Phi) is 6.93. The fourth-order valence-electron chi connectivity index (χ4n) is 4.53. The van der Waals surface area contributed by atoms with E-state index in [1.165, 1.54) is 36.6 Å². The van der Waals surface area contributed by atoms with E-state index in [2.05, 4.69) is 11.4 Å². The number of nitrogens with zero attached hydrogens (tertiary/aromatic N) is 2. The van der Waals surface area contributed by atoms with Gasteiger partial charge in [-0.3, -0.25) is 14.2 Å².